The van der Waals surface area contributed by atoms with Crippen molar-refractivity contribution in [3.05, 3.63) is 11.8 Å². The summed E-state index contributed by atoms with van der Waals surface area (Å²) in [5.41, 5.74) is 0.641. The van der Waals surface area contributed by atoms with Crippen LogP contribution in [0.4, 0.5) is 5.82 Å². The fourth-order valence-electron chi connectivity index (χ4n) is 5.39. The molecule has 0 aromatic carbocycles. The standard InChI is InChI=1S/C22H37N5O/c1-22(2)15-19(17-9-5-3-6-10-17)25-20-18(16-24-27(20)22)21(28)23-11-14-26-12-7-4-8-13-26/h16-17,19,25H,3-15H2,1-2H3,(H,23,28). The highest BCUT2D eigenvalue weighted by Gasteiger charge is 2.39. The number of nitrogens with one attached hydrogen (secondary N) is 2. The van der Waals surface area contributed by atoms with E-state index < -0.39 is 0 Å². The summed E-state index contributed by atoms with van der Waals surface area (Å²) in [5.74, 6) is 1.64. The van der Waals surface area contributed by atoms with Crippen molar-refractivity contribution >= 4 is 11.7 Å². The number of likely N-dealkylation sites (tertiary alicyclic amines) is 1. The first-order chi connectivity index (χ1) is 13.5. The number of amides is 1. The van der Waals surface area contributed by atoms with E-state index >= 15 is 0 Å². The van der Waals surface area contributed by atoms with Crippen LogP contribution in [0.5, 0.6) is 0 Å². The van der Waals surface area contributed by atoms with Crippen LogP contribution in [-0.4, -0.2) is 52.8 Å². The highest BCUT2D eigenvalue weighted by atomic mass is 16.1. The molecule has 1 saturated carbocycles. The molecule has 1 saturated heterocycles. The summed E-state index contributed by atoms with van der Waals surface area (Å²) in [6, 6.07) is 0.444. The number of carbonyl (C=O) groups is 1. The van der Waals surface area contributed by atoms with Crippen molar-refractivity contribution in [1.29, 1.82) is 0 Å². The summed E-state index contributed by atoms with van der Waals surface area (Å²) < 4.78 is 2.03. The molecule has 1 unspecified atom stereocenters. The van der Waals surface area contributed by atoms with Crippen LogP contribution in [0.25, 0.3) is 0 Å². The Balaban J connectivity index is 1.41. The van der Waals surface area contributed by atoms with Gasteiger partial charge in [-0.25, -0.2) is 4.68 Å². The minimum atomic E-state index is -0.0605. The number of hydrogen-bond acceptors (Lipinski definition) is 4. The molecule has 28 heavy (non-hydrogen) atoms. The summed E-state index contributed by atoms with van der Waals surface area (Å²) in [7, 11) is 0. The molecule has 0 spiro atoms. The molecule has 2 N–H and O–H groups in total. The highest BCUT2D eigenvalue weighted by Crippen LogP contribution is 2.39. The van der Waals surface area contributed by atoms with E-state index in [1.54, 1.807) is 6.20 Å². The van der Waals surface area contributed by atoms with Gasteiger partial charge in [-0.1, -0.05) is 25.7 Å². The Kier molecular flexibility index (Phi) is 5.95. The fourth-order valence-corrected chi connectivity index (χ4v) is 5.39. The number of carbonyl (C=O) groups excluding carboxylic acids is 1. The second-order valence-corrected chi connectivity index (χ2v) is 9.64. The van der Waals surface area contributed by atoms with Gasteiger partial charge in [0.15, 0.2) is 0 Å². The SMILES string of the molecule is CC1(C)CC(C2CCCCC2)Nc2c(C(=O)NCCN3CCCCC3)cnn21. The van der Waals surface area contributed by atoms with Crippen molar-refractivity contribution < 1.29 is 4.79 Å². The monoisotopic (exact) mass is 387 g/mol. The summed E-state index contributed by atoms with van der Waals surface area (Å²) in [6.45, 7) is 8.48. The molecule has 2 fully saturated rings. The first kappa shape index (κ1) is 19.7. The first-order valence-corrected chi connectivity index (χ1v) is 11.4. The molecule has 1 amide bonds. The van der Waals surface area contributed by atoms with Gasteiger partial charge >= 0.3 is 0 Å². The van der Waals surface area contributed by atoms with Crippen LogP contribution < -0.4 is 10.6 Å². The molecule has 156 valence electrons. The number of anilines is 1. The van der Waals surface area contributed by atoms with Gasteiger partial charge in [-0.15, -0.1) is 0 Å². The summed E-state index contributed by atoms with van der Waals surface area (Å²) >= 11 is 0. The van der Waals surface area contributed by atoms with Crippen LogP contribution in [0, 0.1) is 5.92 Å². The summed E-state index contributed by atoms with van der Waals surface area (Å²) in [5, 5.41) is 11.4. The lowest BCUT2D eigenvalue weighted by atomic mass is 9.78. The summed E-state index contributed by atoms with van der Waals surface area (Å²) in [4.78, 5) is 15.3. The van der Waals surface area contributed by atoms with Gasteiger partial charge in [-0.3, -0.25) is 4.79 Å². The highest BCUT2D eigenvalue weighted by molar-refractivity contribution is 5.98. The van der Waals surface area contributed by atoms with Gasteiger partial charge < -0.3 is 15.5 Å². The molecule has 6 nitrogen and oxygen atoms in total. The van der Waals surface area contributed by atoms with Crippen LogP contribution in [-0.2, 0) is 5.54 Å². The Hall–Kier alpha value is -1.56. The van der Waals surface area contributed by atoms with Crippen molar-refractivity contribution in [3.8, 4) is 0 Å². The van der Waals surface area contributed by atoms with Crippen LogP contribution >= 0.6 is 0 Å². The zero-order valence-electron chi connectivity index (χ0n) is 17.7. The van der Waals surface area contributed by atoms with E-state index in [1.807, 2.05) is 4.68 Å². The Bertz CT molecular complexity index is 670. The second kappa shape index (κ2) is 8.44. The van der Waals surface area contributed by atoms with Gasteiger partial charge in [0.05, 0.1) is 11.7 Å². The molecule has 2 aliphatic heterocycles. The molecule has 3 heterocycles. The normalized spacial score (nSPS) is 25.7. The van der Waals surface area contributed by atoms with Gasteiger partial charge in [0.2, 0.25) is 0 Å². The van der Waals surface area contributed by atoms with E-state index in [4.69, 9.17) is 0 Å². The van der Waals surface area contributed by atoms with Crippen LogP contribution in [0.2, 0.25) is 0 Å². The molecular formula is C22H37N5O. The predicted octanol–water partition coefficient (Wildman–Crippen LogP) is 3.60. The maximum absolute atomic E-state index is 12.9. The van der Waals surface area contributed by atoms with Crippen molar-refractivity contribution in [2.75, 3.05) is 31.5 Å². The fraction of sp³-hybridized carbons (Fsp3) is 0.818. The van der Waals surface area contributed by atoms with E-state index in [-0.39, 0.29) is 11.4 Å². The lowest BCUT2D eigenvalue weighted by Gasteiger charge is -2.42. The third-order valence-electron chi connectivity index (χ3n) is 7.01. The van der Waals surface area contributed by atoms with E-state index in [0.29, 0.717) is 24.1 Å². The van der Waals surface area contributed by atoms with E-state index in [1.165, 1.54) is 51.4 Å². The Labute approximate surface area is 169 Å². The van der Waals surface area contributed by atoms with Crippen LogP contribution in [0.1, 0.15) is 82.0 Å². The zero-order chi connectivity index (χ0) is 19.6. The van der Waals surface area contributed by atoms with Crippen molar-refractivity contribution in [3.63, 3.8) is 0 Å². The minimum absolute atomic E-state index is 0.00542. The number of nitrogens with zero attached hydrogens (tertiary/aromatic N) is 3. The average molecular weight is 388 g/mol. The van der Waals surface area contributed by atoms with Crippen molar-refractivity contribution in [1.82, 2.24) is 20.0 Å². The van der Waals surface area contributed by atoms with Crippen LogP contribution in [0.3, 0.4) is 0 Å². The third-order valence-corrected chi connectivity index (χ3v) is 7.01. The quantitative estimate of drug-likeness (QED) is 0.810. The maximum atomic E-state index is 12.9. The number of rotatable bonds is 5. The number of aromatic nitrogens is 2. The van der Waals surface area contributed by atoms with Gasteiger partial charge in [-0.05, 0) is 65.0 Å². The van der Waals surface area contributed by atoms with Gasteiger partial charge in [0, 0.05) is 19.1 Å². The Morgan fingerprint density at radius 2 is 1.89 bits per heavy atom. The van der Waals surface area contributed by atoms with Crippen LogP contribution in [0.15, 0.2) is 6.20 Å². The third kappa shape index (κ3) is 4.22. The molecule has 3 aliphatic rings. The minimum Gasteiger partial charge on any atom is -0.366 e. The summed E-state index contributed by atoms with van der Waals surface area (Å²) in [6.07, 6.45) is 13.4. The molecule has 1 aromatic rings. The van der Waals surface area contributed by atoms with Crippen molar-refractivity contribution in [2.24, 2.45) is 5.92 Å². The lowest BCUT2D eigenvalue weighted by molar-refractivity contribution is 0.0946. The van der Waals surface area contributed by atoms with E-state index in [0.717, 1.165) is 31.9 Å². The number of piperidine rings is 1. The topological polar surface area (TPSA) is 62.2 Å². The first-order valence-electron chi connectivity index (χ1n) is 11.4. The second-order valence-electron chi connectivity index (χ2n) is 9.64. The average Bonchev–Trinajstić information content (AvgIpc) is 3.14. The largest absolute Gasteiger partial charge is 0.366 e. The molecule has 0 radical (unpaired) electrons. The Morgan fingerprint density at radius 3 is 2.64 bits per heavy atom. The van der Waals surface area contributed by atoms with Crippen molar-refractivity contribution in [2.45, 2.75) is 83.2 Å². The van der Waals surface area contributed by atoms with Gasteiger partial charge in [0.1, 0.15) is 11.4 Å². The molecular weight excluding hydrogens is 350 g/mol. The molecule has 4 rings (SSSR count). The molecule has 1 aromatic heterocycles. The lowest BCUT2D eigenvalue weighted by Crippen LogP contribution is -2.46. The maximum Gasteiger partial charge on any atom is 0.256 e. The molecule has 1 aliphatic carbocycles. The Morgan fingerprint density at radius 1 is 1.18 bits per heavy atom. The number of fused-ring (bicyclic) bond motifs is 1. The molecule has 1 atom stereocenters. The smallest absolute Gasteiger partial charge is 0.256 e. The zero-order valence-corrected chi connectivity index (χ0v) is 17.7. The predicted molar refractivity (Wildman–Crippen MR) is 113 cm³/mol. The molecule has 0 bridgehead atoms. The van der Waals surface area contributed by atoms with E-state index in [9.17, 15) is 4.79 Å². The van der Waals surface area contributed by atoms with E-state index in [2.05, 4.69) is 34.5 Å². The number of hydrogen-bond donors (Lipinski definition) is 2. The van der Waals surface area contributed by atoms with Gasteiger partial charge in [-0.2, -0.15) is 5.10 Å². The van der Waals surface area contributed by atoms with Gasteiger partial charge in [0.25, 0.3) is 5.91 Å². The molecule has 6 heteroatoms.